The van der Waals surface area contributed by atoms with Crippen LogP contribution in [0.2, 0.25) is 0 Å². The summed E-state index contributed by atoms with van der Waals surface area (Å²) in [6.45, 7) is 6.10. The van der Waals surface area contributed by atoms with Crippen molar-refractivity contribution in [3.8, 4) is 0 Å². The standard InChI is InChI=1S/C14H24N2O2/c1-3-10-16(12(2)17)11-9-14(18)15-13-7-5-4-6-8-13/h3,13H,1,4-11H2,2H3,(H,15,18). The number of hydrogen-bond acceptors (Lipinski definition) is 2. The van der Waals surface area contributed by atoms with E-state index < -0.39 is 0 Å². The van der Waals surface area contributed by atoms with Gasteiger partial charge in [-0.3, -0.25) is 9.59 Å². The molecule has 0 radical (unpaired) electrons. The van der Waals surface area contributed by atoms with Crippen molar-refractivity contribution in [3.05, 3.63) is 12.7 Å². The maximum Gasteiger partial charge on any atom is 0.221 e. The molecule has 0 heterocycles. The lowest BCUT2D eigenvalue weighted by atomic mass is 9.95. The molecule has 2 amide bonds. The third-order valence-corrected chi connectivity index (χ3v) is 3.37. The van der Waals surface area contributed by atoms with Crippen LogP contribution in [-0.2, 0) is 9.59 Å². The van der Waals surface area contributed by atoms with Gasteiger partial charge in [-0.05, 0) is 12.8 Å². The Bertz CT molecular complexity index is 296. The molecule has 1 saturated carbocycles. The fourth-order valence-electron chi connectivity index (χ4n) is 2.32. The van der Waals surface area contributed by atoms with E-state index >= 15 is 0 Å². The van der Waals surface area contributed by atoms with E-state index in [4.69, 9.17) is 0 Å². The van der Waals surface area contributed by atoms with E-state index in [1.165, 1.54) is 26.2 Å². The van der Waals surface area contributed by atoms with Gasteiger partial charge in [0, 0.05) is 32.5 Å². The minimum atomic E-state index is -0.0135. The first-order valence-electron chi connectivity index (χ1n) is 6.79. The lowest BCUT2D eigenvalue weighted by molar-refractivity contribution is -0.129. The average molecular weight is 252 g/mol. The SMILES string of the molecule is C=CCN(CCC(=O)NC1CCCCC1)C(C)=O. The van der Waals surface area contributed by atoms with E-state index in [-0.39, 0.29) is 11.8 Å². The normalized spacial score (nSPS) is 16.1. The van der Waals surface area contributed by atoms with Crippen LogP contribution in [0.15, 0.2) is 12.7 Å². The van der Waals surface area contributed by atoms with Crippen molar-refractivity contribution in [1.82, 2.24) is 10.2 Å². The van der Waals surface area contributed by atoms with E-state index in [0.717, 1.165) is 12.8 Å². The fraction of sp³-hybridized carbons (Fsp3) is 0.714. The topological polar surface area (TPSA) is 49.4 Å². The highest BCUT2D eigenvalue weighted by molar-refractivity contribution is 5.78. The Kier molecular flexibility index (Phi) is 6.47. The number of carbonyl (C=O) groups excluding carboxylic acids is 2. The Morgan fingerprint density at radius 2 is 2.00 bits per heavy atom. The molecule has 0 aliphatic heterocycles. The molecule has 0 aromatic heterocycles. The second kappa shape index (κ2) is 7.90. The van der Waals surface area contributed by atoms with Gasteiger partial charge in [0.05, 0.1) is 0 Å². The molecule has 0 spiro atoms. The van der Waals surface area contributed by atoms with Gasteiger partial charge in [0.15, 0.2) is 0 Å². The molecule has 0 saturated heterocycles. The highest BCUT2D eigenvalue weighted by Crippen LogP contribution is 2.17. The zero-order valence-electron chi connectivity index (χ0n) is 11.3. The lowest BCUT2D eigenvalue weighted by Crippen LogP contribution is -2.39. The zero-order chi connectivity index (χ0) is 13.4. The van der Waals surface area contributed by atoms with Gasteiger partial charge in [0.1, 0.15) is 0 Å². The van der Waals surface area contributed by atoms with Gasteiger partial charge >= 0.3 is 0 Å². The minimum absolute atomic E-state index is 0.0135. The molecule has 18 heavy (non-hydrogen) atoms. The Morgan fingerprint density at radius 3 is 2.56 bits per heavy atom. The molecule has 1 aliphatic carbocycles. The molecule has 0 unspecified atom stereocenters. The van der Waals surface area contributed by atoms with Crippen molar-refractivity contribution in [2.24, 2.45) is 0 Å². The Balaban J connectivity index is 2.26. The van der Waals surface area contributed by atoms with Crippen LogP contribution < -0.4 is 5.32 Å². The average Bonchev–Trinajstić information content (AvgIpc) is 2.35. The summed E-state index contributed by atoms with van der Waals surface area (Å²) in [6.07, 6.45) is 7.94. The van der Waals surface area contributed by atoms with Crippen LogP contribution in [0.3, 0.4) is 0 Å². The van der Waals surface area contributed by atoms with Gasteiger partial charge in [0.25, 0.3) is 0 Å². The second-order valence-electron chi connectivity index (χ2n) is 4.91. The number of amides is 2. The van der Waals surface area contributed by atoms with Gasteiger partial charge < -0.3 is 10.2 Å². The van der Waals surface area contributed by atoms with E-state index in [1.807, 2.05) is 0 Å². The van der Waals surface area contributed by atoms with E-state index in [0.29, 0.717) is 25.6 Å². The first-order valence-corrected chi connectivity index (χ1v) is 6.79. The van der Waals surface area contributed by atoms with Gasteiger partial charge in [-0.1, -0.05) is 25.3 Å². The summed E-state index contributed by atoms with van der Waals surface area (Å²) in [5.41, 5.74) is 0. The first-order chi connectivity index (χ1) is 8.63. The summed E-state index contributed by atoms with van der Waals surface area (Å²) in [7, 11) is 0. The predicted molar refractivity (Wildman–Crippen MR) is 72.1 cm³/mol. The minimum Gasteiger partial charge on any atom is -0.353 e. The third-order valence-electron chi connectivity index (χ3n) is 3.37. The van der Waals surface area contributed by atoms with Crippen LogP contribution >= 0.6 is 0 Å². The molecule has 4 nitrogen and oxygen atoms in total. The molecule has 1 N–H and O–H groups in total. The maximum atomic E-state index is 11.8. The highest BCUT2D eigenvalue weighted by atomic mass is 16.2. The van der Waals surface area contributed by atoms with Crippen molar-refractivity contribution in [2.75, 3.05) is 13.1 Å². The van der Waals surface area contributed by atoms with E-state index in [9.17, 15) is 9.59 Å². The molecule has 1 fully saturated rings. The molecule has 0 bridgehead atoms. The van der Waals surface area contributed by atoms with E-state index in [2.05, 4.69) is 11.9 Å². The van der Waals surface area contributed by atoms with Crippen LogP contribution in [0.5, 0.6) is 0 Å². The summed E-state index contributed by atoms with van der Waals surface area (Å²) >= 11 is 0. The number of hydrogen-bond donors (Lipinski definition) is 1. The van der Waals surface area contributed by atoms with Gasteiger partial charge in [-0.25, -0.2) is 0 Å². The molecular weight excluding hydrogens is 228 g/mol. The number of nitrogens with one attached hydrogen (secondary N) is 1. The molecule has 1 rings (SSSR count). The Morgan fingerprint density at radius 1 is 1.33 bits per heavy atom. The number of rotatable bonds is 6. The quantitative estimate of drug-likeness (QED) is 0.734. The summed E-state index contributed by atoms with van der Waals surface area (Å²) < 4.78 is 0. The van der Waals surface area contributed by atoms with Crippen molar-refractivity contribution in [3.63, 3.8) is 0 Å². The summed E-state index contributed by atoms with van der Waals surface area (Å²) in [5, 5.41) is 3.05. The van der Waals surface area contributed by atoms with Crippen molar-refractivity contribution in [2.45, 2.75) is 51.5 Å². The molecule has 0 aromatic carbocycles. The molecule has 1 aliphatic rings. The van der Waals surface area contributed by atoms with Crippen LogP contribution in [0, 0.1) is 0 Å². The third kappa shape index (κ3) is 5.34. The smallest absolute Gasteiger partial charge is 0.221 e. The molecular formula is C14H24N2O2. The lowest BCUT2D eigenvalue weighted by Gasteiger charge is -2.24. The second-order valence-corrected chi connectivity index (χ2v) is 4.91. The van der Waals surface area contributed by atoms with Crippen molar-refractivity contribution >= 4 is 11.8 Å². The molecule has 4 heteroatoms. The summed E-state index contributed by atoms with van der Waals surface area (Å²) in [5.74, 6) is 0.0394. The van der Waals surface area contributed by atoms with E-state index in [1.54, 1.807) is 11.0 Å². The van der Waals surface area contributed by atoms with Crippen LogP contribution in [0.25, 0.3) is 0 Å². The summed E-state index contributed by atoms with van der Waals surface area (Å²) in [4.78, 5) is 24.7. The fourth-order valence-corrected chi connectivity index (χ4v) is 2.32. The van der Waals surface area contributed by atoms with Crippen LogP contribution in [0.4, 0.5) is 0 Å². The van der Waals surface area contributed by atoms with Crippen molar-refractivity contribution < 1.29 is 9.59 Å². The largest absolute Gasteiger partial charge is 0.353 e. The number of carbonyl (C=O) groups is 2. The van der Waals surface area contributed by atoms with Crippen molar-refractivity contribution in [1.29, 1.82) is 0 Å². The maximum absolute atomic E-state index is 11.8. The Labute approximate surface area is 109 Å². The molecule has 102 valence electrons. The zero-order valence-corrected chi connectivity index (χ0v) is 11.3. The number of nitrogens with zero attached hydrogens (tertiary/aromatic N) is 1. The predicted octanol–water partition coefficient (Wildman–Crippen LogP) is 1.86. The van der Waals surface area contributed by atoms with Crippen LogP contribution in [-0.4, -0.2) is 35.8 Å². The Hall–Kier alpha value is -1.32. The molecule has 0 atom stereocenters. The van der Waals surface area contributed by atoms with Gasteiger partial charge in [-0.2, -0.15) is 0 Å². The van der Waals surface area contributed by atoms with Gasteiger partial charge in [0.2, 0.25) is 11.8 Å². The van der Waals surface area contributed by atoms with Crippen LogP contribution in [0.1, 0.15) is 45.4 Å². The molecule has 0 aromatic rings. The highest BCUT2D eigenvalue weighted by Gasteiger charge is 2.16. The summed E-state index contributed by atoms with van der Waals surface area (Å²) in [6, 6.07) is 0.344. The monoisotopic (exact) mass is 252 g/mol. The first kappa shape index (κ1) is 14.7. The van der Waals surface area contributed by atoms with Gasteiger partial charge in [-0.15, -0.1) is 6.58 Å².